The van der Waals surface area contributed by atoms with Crippen LogP contribution in [0.1, 0.15) is 40.0 Å². The van der Waals surface area contributed by atoms with Gasteiger partial charge in [-0.3, -0.25) is 0 Å². The van der Waals surface area contributed by atoms with E-state index in [2.05, 4.69) is 27.4 Å². The van der Waals surface area contributed by atoms with Crippen LogP contribution in [0.25, 0.3) is 0 Å². The van der Waals surface area contributed by atoms with E-state index in [9.17, 15) is 0 Å². The van der Waals surface area contributed by atoms with Crippen molar-refractivity contribution in [1.82, 2.24) is 0 Å². The maximum absolute atomic E-state index is 3.73. The predicted octanol–water partition coefficient (Wildman–Crippen LogP) is 3.70. The van der Waals surface area contributed by atoms with Gasteiger partial charge < -0.3 is 0 Å². The van der Waals surface area contributed by atoms with Crippen molar-refractivity contribution < 1.29 is 0 Å². The lowest BCUT2D eigenvalue weighted by molar-refractivity contribution is 0.783. The van der Waals surface area contributed by atoms with Gasteiger partial charge in [0.1, 0.15) is 0 Å². The minimum absolute atomic E-state index is 1.23. The highest BCUT2D eigenvalue weighted by molar-refractivity contribution is 5.19. The van der Waals surface area contributed by atoms with Gasteiger partial charge in [-0.1, -0.05) is 37.1 Å². The summed E-state index contributed by atoms with van der Waals surface area (Å²) in [5, 5.41) is 0. The molecule has 0 fully saturated rings. The van der Waals surface area contributed by atoms with Gasteiger partial charge in [-0.15, -0.1) is 0 Å². The van der Waals surface area contributed by atoms with E-state index in [1.807, 2.05) is 6.08 Å². The Labute approximate surface area is 64.6 Å². The van der Waals surface area contributed by atoms with Crippen molar-refractivity contribution in [1.29, 1.82) is 0 Å². The summed E-state index contributed by atoms with van der Waals surface area (Å²) in [6, 6.07) is 0. The molecule has 0 aromatic heterocycles. The zero-order valence-electron chi connectivity index (χ0n) is 7.41. The molecule has 0 rings (SSSR count). The Morgan fingerprint density at radius 1 is 1.40 bits per heavy atom. The Balaban J connectivity index is 3.79. The number of allylic oxidation sites excluding steroid dienone is 3. The molecule has 0 heterocycles. The predicted molar refractivity (Wildman–Crippen MR) is 48.1 cm³/mol. The highest BCUT2D eigenvalue weighted by Crippen LogP contribution is 2.11. The Hall–Kier alpha value is -0.520. The molecule has 0 N–H and O–H groups in total. The molecule has 0 unspecified atom stereocenters. The molecule has 0 nitrogen and oxygen atoms in total. The first-order chi connectivity index (χ1) is 4.72. The van der Waals surface area contributed by atoms with E-state index in [0.717, 1.165) is 0 Å². The first kappa shape index (κ1) is 9.48. The second-order valence-corrected chi connectivity index (χ2v) is 2.77. The SMILES string of the molecule is C=CC(C)=C(C)CCCC. The lowest BCUT2D eigenvalue weighted by Crippen LogP contribution is -1.80. The van der Waals surface area contributed by atoms with E-state index in [1.54, 1.807) is 0 Å². The van der Waals surface area contributed by atoms with Crippen LogP contribution in [0.4, 0.5) is 0 Å². The van der Waals surface area contributed by atoms with Gasteiger partial charge in [-0.05, 0) is 26.7 Å². The van der Waals surface area contributed by atoms with Crippen LogP contribution in [0.5, 0.6) is 0 Å². The van der Waals surface area contributed by atoms with Crippen LogP contribution in [0.15, 0.2) is 23.8 Å². The third-order valence-corrected chi connectivity index (χ3v) is 1.88. The Bertz CT molecular complexity index is 129. The molecule has 10 heavy (non-hydrogen) atoms. The van der Waals surface area contributed by atoms with E-state index in [1.165, 1.54) is 30.4 Å². The highest BCUT2D eigenvalue weighted by atomic mass is 14.0. The molecular formula is C10H18. The summed E-state index contributed by atoms with van der Waals surface area (Å²) in [7, 11) is 0. The van der Waals surface area contributed by atoms with Gasteiger partial charge >= 0.3 is 0 Å². The maximum atomic E-state index is 3.73. The van der Waals surface area contributed by atoms with Crippen molar-refractivity contribution in [3.05, 3.63) is 23.8 Å². The van der Waals surface area contributed by atoms with Crippen molar-refractivity contribution >= 4 is 0 Å². The van der Waals surface area contributed by atoms with Crippen LogP contribution >= 0.6 is 0 Å². The molecule has 0 bridgehead atoms. The van der Waals surface area contributed by atoms with E-state index < -0.39 is 0 Å². The minimum Gasteiger partial charge on any atom is -0.0988 e. The monoisotopic (exact) mass is 138 g/mol. The molecule has 0 aromatic rings. The summed E-state index contributed by atoms with van der Waals surface area (Å²) in [5.41, 5.74) is 2.82. The smallest absolute Gasteiger partial charge is 0.0317 e. The van der Waals surface area contributed by atoms with Gasteiger partial charge in [0.05, 0.1) is 0 Å². The van der Waals surface area contributed by atoms with Crippen LogP contribution in [0.2, 0.25) is 0 Å². The molecule has 0 saturated carbocycles. The van der Waals surface area contributed by atoms with Crippen LogP contribution in [-0.4, -0.2) is 0 Å². The average Bonchev–Trinajstić information content (AvgIpc) is 1.98. The number of hydrogen-bond donors (Lipinski definition) is 0. The topological polar surface area (TPSA) is 0 Å². The van der Waals surface area contributed by atoms with E-state index >= 15 is 0 Å². The third-order valence-electron chi connectivity index (χ3n) is 1.88. The molecule has 0 aromatic carbocycles. The summed E-state index contributed by atoms with van der Waals surface area (Å²) in [6.45, 7) is 10.3. The summed E-state index contributed by atoms with van der Waals surface area (Å²) < 4.78 is 0. The van der Waals surface area contributed by atoms with Crippen LogP contribution in [0, 0.1) is 0 Å². The Morgan fingerprint density at radius 2 is 2.00 bits per heavy atom. The largest absolute Gasteiger partial charge is 0.0988 e. The second kappa shape index (κ2) is 5.28. The molecule has 0 radical (unpaired) electrons. The first-order valence-electron chi connectivity index (χ1n) is 4.01. The summed E-state index contributed by atoms with van der Waals surface area (Å²) in [6.07, 6.45) is 5.75. The summed E-state index contributed by atoms with van der Waals surface area (Å²) in [5.74, 6) is 0. The quantitative estimate of drug-likeness (QED) is 0.520. The molecule has 0 amide bonds. The van der Waals surface area contributed by atoms with Crippen molar-refractivity contribution in [3.8, 4) is 0 Å². The van der Waals surface area contributed by atoms with Gasteiger partial charge in [0.15, 0.2) is 0 Å². The minimum atomic E-state index is 1.23. The molecule has 0 aliphatic carbocycles. The molecule has 0 spiro atoms. The summed E-state index contributed by atoms with van der Waals surface area (Å²) in [4.78, 5) is 0. The van der Waals surface area contributed by atoms with Gasteiger partial charge in [-0.2, -0.15) is 0 Å². The lowest BCUT2D eigenvalue weighted by atomic mass is 10.1. The molecule has 0 atom stereocenters. The van der Waals surface area contributed by atoms with Crippen molar-refractivity contribution in [2.24, 2.45) is 0 Å². The molecule has 58 valence electrons. The molecular weight excluding hydrogens is 120 g/mol. The average molecular weight is 138 g/mol. The number of hydrogen-bond acceptors (Lipinski definition) is 0. The number of rotatable bonds is 4. The highest BCUT2D eigenvalue weighted by Gasteiger charge is 1.91. The normalized spacial score (nSPS) is 12.7. The van der Waals surface area contributed by atoms with Gasteiger partial charge in [0.25, 0.3) is 0 Å². The molecule has 0 aliphatic rings. The van der Waals surface area contributed by atoms with Gasteiger partial charge in [-0.25, -0.2) is 0 Å². The lowest BCUT2D eigenvalue weighted by Gasteiger charge is -2.01. The number of unbranched alkanes of at least 4 members (excludes halogenated alkanes) is 1. The molecule has 0 heteroatoms. The van der Waals surface area contributed by atoms with Crippen molar-refractivity contribution in [3.63, 3.8) is 0 Å². The van der Waals surface area contributed by atoms with Crippen LogP contribution < -0.4 is 0 Å². The maximum Gasteiger partial charge on any atom is -0.0317 e. The first-order valence-corrected chi connectivity index (χ1v) is 4.01. The second-order valence-electron chi connectivity index (χ2n) is 2.77. The van der Waals surface area contributed by atoms with E-state index in [4.69, 9.17) is 0 Å². The zero-order chi connectivity index (χ0) is 7.98. The van der Waals surface area contributed by atoms with Crippen molar-refractivity contribution in [2.75, 3.05) is 0 Å². The Kier molecular flexibility index (Phi) is 5.00. The molecule has 0 aliphatic heterocycles. The van der Waals surface area contributed by atoms with Gasteiger partial charge in [0, 0.05) is 0 Å². The van der Waals surface area contributed by atoms with Crippen LogP contribution in [-0.2, 0) is 0 Å². The fraction of sp³-hybridized carbons (Fsp3) is 0.600. The standard InChI is InChI=1S/C10H18/c1-5-7-8-10(4)9(3)6-2/h6H,2,5,7-8H2,1,3-4H3. The third kappa shape index (κ3) is 3.49. The fourth-order valence-corrected chi connectivity index (χ4v) is 0.813. The summed E-state index contributed by atoms with van der Waals surface area (Å²) >= 11 is 0. The van der Waals surface area contributed by atoms with Crippen molar-refractivity contribution in [2.45, 2.75) is 40.0 Å². The fourth-order valence-electron chi connectivity index (χ4n) is 0.813. The van der Waals surface area contributed by atoms with E-state index in [-0.39, 0.29) is 0 Å². The zero-order valence-corrected chi connectivity index (χ0v) is 7.41. The van der Waals surface area contributed by atoms with E-state index in [0.29, 0.717) is 0 Å². The Morgan fingerprint density at radius 3 is 2.40 bits per heavy atom. The van der Waals surface area contributed by atoms with Gasteiger partial charge in [0.2, 0.25) is 0 Å². The molecule has 0 saturated heterocycles. The van der Waals surface area contributed by atoms with Crippen LogP contribution in [0.3, 0.4) is 0 Å².